The van der Waals surface area contributed by atoms with E-state index >= 15 is 0 Å². The molecule has 1 atom stereocenters. The average Bonchev–Trinajstić information content (AvgIpc) is 3.02. The number of amides is 1. The molecule has 134 valence electrons. The first kappa shape index (κ1) is 18.1. The van der Waals surface area contributed by atoms with Crippen LogP contribution in [0.1, 0.15) is 13.3 Å². The number of carbonyl (C=O) groups is 1. The number of hydrogen-bond acceptors (Lipinski definition) is 5. The minimum Gasteiger partial charge on any atom is -0.323 e. The van der Waals surface area contributed by atoms with Crippen LogP contribution < -0.4 is 5.32 Å². The van der Waals surface area contributed by atoms with Gasteiger partial charge in [-0.3, -0.25) is 9.78 Å². The average molecular weight is 371 g/mol. The normalized spacial score (nSPS) is 12.0. The zero-order valence-corrected chi connectivity index (χ0v) is 15.2. The Hall–Kier alpha value is -2.74. The monoisotopic (exact) mass is 371 g/mol. The molecular formula is C18H18FN5OS. The van der Waals surface area contributed by atoms with Crippen molar-refractivity contribution in [1.29, 1.82) is 0 Å². The van der Waals surface area contributed by atoms with Crippen LogP contribution in [0.4, 0.5) is 10.1 Å². The molecule has 3 rings (SSSR count). The Kier molecular flexibility index (Phi) is 5.62. The number of thioether (sulfide) groups is 1. The highest BCUT2D eigenvalue weighted by Crippen LogP contribution is 2.28. The quantitative estimate of drug-likeness (QED) is 0.671. The number of aromatic nitrogens is 4. The SMILES string of the molecule is CCC(Sc1nnc(-c2cccnc2)n1C)C(=O)Nc1ccccc1F. The zero-order valence-electron chi connectivity index (χ0n) is 14.4. The minimum atomic E-state index is -0.460. The third kappa shape index (κ3) is 3.91. The maximum absolute atomic E-state index is 13.7. The highest BCUT2D eigenvalue weighted by Gasteiger charge is 2.22. The lowest BCUT2D eigenvalue weighted by atomic mass is 10.2. The van der Waals surface area contributed by atoms with Crippen molar-refractivity contribution in [2.75, 3.05) is 5.32 Å². The Bertz CT molecular complexity index is 900. The van der Waals surface area contributed by atoms with Gasteiger partial charge >= 0.3 is 0 Å². The van der Waals surface area contributed by atoms with Crippen LogP contribution in [0.15, 0.2) is 53.9 Å². The van der Waals surface area contributed by atoms with E-state index in [-0.39, 0.29) is 11.6 Å². The number of nitrogens with zero attached hydrogens (tertiary/aromatic N) is 4. The number of carbonyl (C=O) groups excluding carboxylic acids is 1. The summed E-state index contributed by atoms with van der Waals surface area (Å²) in [7, 11) is 1.84. The molecule has 0 aliphatic rings. The second-order valence-corrected chi connectivity index (χ2v) is 6.76. The number of para-hydroxylation sites is 1. The fourth-order valence-corrected chi connectivity index (χ4v) is 3.31. The largest absolute Gasteiger partial charge is 0.323 e. The first-order valence-corrected chi connectivity index (χ1v) is 9.00. The van der Waals surface area contributed by atoms with E-state index in [0.29, 0.717) is 17.4 Å². The van der Waals surface area contributed by atoms with Crippen LogP contribution in [-0.4, -0.2) is 30.9 Å². The van der Waals surface area contributed by atoms with Crippen molar-refractivity contribution in [1.82, 2.24) is 19.7 Å². The summed E-state index contributed by atoms with van der Waals surface area (Å²) in [6, 6.07) is 9.83. The molecule has 8 heteroatoms. The molecule has 0 radical (unpaired) electrons. The molecule has 0 aliphatic carbocycles. The fourth-order valence-electron chi connectivity index (χ4n) is 2.39. The van der Waals surface area contributed by atoms with E-state index in [1.165, 1.54) is 23.9 Å². The molecule has 0 saturated carbocycles. The molecule has 0 bridgehead atoms. The summed E-state index contributed by atoms with van der Waals surface area (Å²) in [6.45, 7) is 1.90. The third-order valence-corrected chi connectivity index (χ3v) is 5.20. The van der Waals surface area contributed by atoms with Gasteiger partial charge in [-0.05, 0) is 30.7 Å². The number of rotatable bonds is 6. The second-order valence-electron chi connectivity index (χ2n) is 5.59. The summed E-state index contributed by atoms with van der Waals surface area (Å²) in [6.07, 6.45) is 3.97. The number of benzene rings is 1. The molecule has 0 aliphatic heterocycles. The number of anilines is 1. The molecule has 3 aromatic rings. The molecule has 26 heavy (non-hydrogen) atoms. The predicted octanol–water partition coefficient (Wildman–Crippen LogP) is 3.53. The number of halogens is 1. The zero-order chi connectivity index (χ0) is 18.5. The van der Waals surface area contributed by atoms with Crippen molar-refractivity contribution in [2.45, 2.75) is 23.8 Å². The van der Waals surface area contributed by atoms with Gasteiger partial charge in [0.1, 0.15) is 5.82 Å². The molecule has 2 heterocycles. The van der Waals surface area contributed by atoms with Gasteiger partial charge in [-0.2, -0.15) is 0 Å². The summed E-state index contributed by atoms with van der Waals surface area (Å²) in [5.74, 6) is -0.0586. The summed E-state index contributed by atoms with van der Waals surface area (Å²) < 4.78 is 15.6. The number of hydrogen-bond donors (Lipinski definition) is 1. The lowest BCUT2D eigenvalue weighted by Gasteiger charge is -2.14. The van der Waals surface area contributed by atoms with Crippen LogP contribution in [0.5, 0.6) is 0 Å². The molecular weight excluding hydrogens is 353 g/mol. The van der Waals surface area contributed by atoms with Crippen molar-refractivity contribution in [2.24, 2.45) is 7.05 Å². The molecule has 0 fully saturated rings. The van der Waals surface area contributed by atoms with E-state index in [2.05, 4.69) is 20.5 Å². The summed E-state index contributed by atoms with van der Waals surface area (Å²) in [4.78, 5) is 16.6. The van der Waals surface area contributed by atoms with E-state index in [0.717, 1.165) is 5.56 Å². The topological polar surface area (TPSA) is 72.7 Å². The fraction of sp³-hybridized carbons (Fsp3) is 0.222. The van der Waals surface area contributed by atoms with Gasteiger partial charge < -0.3 is 9.88 Å². The van der Waals surface area contributed by atoms with Crippen LogP contribution in [0.3, 0.4) is 0 Å². The Balaban J connectivity index is 1.75. The Morgan fingerprint density at radius 1 is 1.27 bits per heavy atom. The van der Waals surface area contributed by atoms with Crippen LogP contribution in [0.2, 0.25) is 0 Å². The third-order valence-electron chi connectivity index (χ3n) is 3.80. The molecule has 6 nitrogen and oxygen atoms in total. The van der Waals surface area contributed by atoms with E-state index in [1.807, 2.05) is 30.7 Å². The molecule has 1 unspecified atom stereocenters. The van der Waals surface area contributed by atoms with Crippen molar-refractivity contribution in [3.05, 3.63) is 54.6 Å². The van der Waals surface area contributed by atoms with Crippen molar-refractivity contribution in [3.63, 3.8) is 0 Å². The maximum Gasteiger partial charge on any atom is 0.238 e. The Morgan fingerprint density at radius 2 is 2.08 bits per heavy atom. The summed E-state index contributed by atoms with van der Waals surface area (Å²) in [5.41, 5.74) is 1.02. The van der Waals surface area contributed by atoms with Gasteiger partial charge in [0.15, 0.2) is 11.0 Å². The molecule has 2 aromatic heterocycles. The first-order chi connectivity index (χ1) is 12.6. The highest BCUT2D eigenvalue weighted by atomic mass is 32.2. The molecule has 0 saturated heterocycles. The standard InChI is InChI=1S/C18H18FN5OS/c1-3-15(17(25)21-14-9-5-4-8-13(14)19)26-18-23-22-16(24(18)2)12-7-6-10-20-11-12/h4-11,15H,3H2,1-2H3,(H,21,25). The van der Waals surface area contributed by atoms with Gasteiger partial charge in [-0.25, -0.2) is 4.39 Å². The summed E-state index contributed by atoms with van der Waals surface area (Å²) in [5, 5.41) is 11.2. The summed E-state index contributed by atoms with van der Waals surface area (Å²) >= 11 is 1.30. The smallest absolute Gasteiger partial charge is 0.238 e. The first-order valence-electron chi connectivity index (χ1n) is 8.12. The molecule has 1 aromatic carbocycles. The number of pyridine rings is 1. The lowest BCUT2D eigenvalue weighted by molar-refractivity contribution is -0.115. The highest BCUT2D eigenvalue weighted by molar-refractivity contribution is 8.00. The van der Waals surface area contributed by atoms with Gasteiger partial charge in [0.25, 0.3) is 0 Å². The second kappa shape index (κ2) is 8.09. The van der Waals surface area contributed by atoms with Crippen molar-refractivity contribution in [3.8, 4) is 11.4 Å². The van der Waals surface area contributed by atoms with Crippen LogP contribution in [0, 0.1) is 5.82 Å². The van der Waals surface area contributed by atoms with Crippen LogP contribution in [0.25, 0.3) is 11.4 Å². The predicted molar refractivity (Wildman–Crippen MR) is 99.2 cm³/mol. The van der Waals surface area contributed by atoms with Gasteiger partial charge in [-0.1, -0.05) is 30.8 Å². The van der Waals surface area contributed by atoms with Crippen LogP contribution >= 0.6 is 11.8 Å². The lowest BCUT2D eigenvalue weighted by Crippen LogP contribution is -2.25. The number of nitrogens with one attached hydrogen (secondary N) is 1. The van der Waals surface area contributed by atoms with Gasteiger partial charge in [0.2, 0.25) is 5.91 Å². The van der Waals surface area contributed by atoms with E-state index in [9.17, 15) is 9.18 Å². The van der Waals surface area contributed by atoms with Gasteiger partial charge in [0.05, 0.1) is 10.9 Å². The Morgan fingerprint density at radius 3 is 2.77 bits per heavy atom. The maximum atomic E-state index is 13.7. The van der Waals surface area contributed by atoms with Crippen LogP contribution in [-0.2, 0) is 11.8 Å². The van der Waals surface area contributed by atoms with Crippen molar-refractivity contribution < 1.29 is 9.18 Å². The molecule has 1 amide bonds. The van der Waals surface area contributed by atoms with Crippen molar-refractivity contribution >= 4 is 23.4 Å². The molecule has 1 N–H and O–H groups in total. The minimum absolute atomic E-state index is 0.172. The van der Waals surface area contributed by atoms with Gasteiger partial charge in [-0.15, -0.1) is 10.2 Å². The van der Waals surface area contributed by atoms with Gasteiger partial charge in [0, 0.05) is 25.0 Å². The Labute approximate surface area is 154 Å². The van der Waals surface area contributed by atoms with E-state index in [4.69, 9.17) is 0 Å². The van der Waals surface area contributed by atoms with E-state index < -0.39 is 11.1 Å². The van der Waals surface area contributed by atoms with E-state index in [1.54, 1.807) is 24.5 Å². The molecule has 0 spiro atoms.